The largest absolute Gasteiger partial charge is 0.321 e. The number of aromatic nitrogens is 4. The van der Waals surface area contributed by atoms with E-state index in [9.17, 15) is 4.79 Å². The second-order valence-corrected chi connectivity index (χ2v) is 7.39. The van der Waals surface area contributed by atoms with Crippen molar-refractivity contribution < 1.29 is 4.79 Å². The summed E-state index contributed by atoms with van der Waals surface area (Å²) in [4.78, 5) is 12.7. The maximum Gasteiger partial charge on any atom is 0.278 e. The van der Waals surface area contributed by atoms with E-state index in [0.717, 1.165) is 16.8 Å². The quantitative estimate of drug-likeness (QED) is 0.486. The molecule has 0 atom stereocenters. The molecule has 1 N–H and O–H groups in total. The van der Waals surface area contributed by atoms with Crippen molar-refractivity contribution in [2.45, 2.75) is 20.3 Å². The fourth-order valence-electron chi connectivity index (χ4n) is 3.17. The van der Waals surface area contributed by atoms with Crippen LogP contribution in [0.4, 0.5) is 5.69 Å². The van der Waals surface area contributed by atoms with Crippen LogP contribution in [0, 0.1) is 6.92 Å². The Balaban J connectivity index is 1.78. The van der Waals surface area contributed by atoms with Crippen LogP contribution in [-0.2, 0) is 6.42 Å². The summed E-state index contributed by atoms with van der Waals surface area (Å²) in [7, 11) is 0. The van der Waals surface area contributed by atoms with E-state index in [2.05, 4.69) is 20.6 Å². The molecule has 2 aromatic carbocycles. The van der Waals surface area contributed by atoms with Crippen LogP contribution >= 0.6 is 23.2 Å². The number of benzene rings is 2. The van der Waals surface area contributed by atoms with Gasteiger partial charge in [-0.05, 0) is 55.3 Å². The molecule has 0 aliphatic carbocycles. The summed E-state index contributed by atoms with van der Waals surface area (Å²) in [5, 5.41) is 17.2. The minimum absolute atomic E-state index is 0.204. The molecular weight excluding hydrogens is 409 g/mol. The lowest BCUT2D eigenvalue weighted by Gasteiger charge is -2.08. The van der Waals surface area contributed by atoms with E-state index in [1.165, 1.54) is 0 Å². The predicted octanol–water partition coefficient (Wildman–Crippen LogP) is 5.22. The summed E-state index contributed by atoms with van der Waals surface area (Å²) in [6.45, 7) is 3.82. The van der Waals surface area contributed by atoms with Crippen molar-refractivity contribution in [1.29, 1.82) is 0 Å². The molecule has 146 valence electrons. The molecule has 1 amide bonds. The molecule has 0 fully saturated rings. The molecule has 29 heavy (non-hydrogen) atoms. The van der Waals surface area contributed by atoms with Gasteiger partial charge in [-0.15, -0.1) is 10.2 Å². The summed E-state index contributed by atoms with van der Waals surface area (Å²) >= 11 is 12.1. The Morgan fingerprint density at radius 2 is 1.83 bits per heavy atom. The number of anilines is 1. The average Bonchev–Trinajstić information content (AvgIpc) is 3.09. The first-order chi connectivity index (χ1) is 14.0. The fraction of sp³-hybridized carbons (Fsp3) is 0.143. The number of rotatable bonds is 4. The van der Waals surface area contributed by atoms with E-state index in [1.807, 2.05) is 31.2 Å². The smallest absolute Gasteiger partial charge is 0.278 e. The molecule has 0 saturated heterocycles. The summed E-state index contributed by atoms with van der Waals surface area (Å²) in [5.41, 5.74) is 4.66. The topological polar surface area (TPSA) is 72.2 Å². The fourth-order valence-corrected chi connectivity index (χ4v) is 3.49. The highest BCUT2D eigenvalue weighted by Gasteiger charge is 2.21. The maximum atomic E-state index is 12.7. The van der Waals surface area contributed by atoms with Crippen molar-refractivity contribution >= 4 is 40.4 Å². The van der Waals surface area contributed by atoms with Gasteiger partial charge in [-0.3, -0.25) is 4.79 Å². The van der Waals surface area contributed by atoms with E-state index >= 15 is 0 Å². The molecule has 0 radical (unpaired) electrons. The summed E-state index contributed by atoms with van der Waals surface area (Å²) in [6, 6.07) is 14.4. The van der Waals surface area contributed by atoms with Crippen LogP contribution in [0.2, 0.25) is 10.0 Å². The highest BCUT2D eigenvalue weighted by atomic mass is 35.5. The molecule has 2 aromatic heterocycles. The van der Waals surface area contributed by atoms with Gasteiger partial charge in [0.2, 0.25) is 0 Å². The molecule has 0 aliphatic rings. The molecule has 0 spiro atoms. The lowest BCUT2D eigenvalue weighted by molar-refractivity contribution is 0.102. The molecule has 2 heterocycles. The van der Waals surface area contributed by atoms with Gasteiger partial charge in [0.05, 0.1) is 17.0 Å². The minimum Gasteiger partial charge on any atom is -0.321 e. The van der Waals surface area contributed by atoms with Crippen LogP contribution in [0.3, 0.4) is 0 Å². The van der Waals surface area contributed by atoms with E-state index in [4.69, 9.17) is 23.2 Å². The zero-order chi connectivity index (χ0) is 20.5. The van der Waals surface area contributed by atoms with Crippen LogP contribution in [0.5, 0.6) is 0 Å². The van der Waals surface area contributed by atoms with Crippen molar-refractivity contribution in [2.75, 3.05) is 5.32 Å². The molecule has 0 aliphatic heterocycles. The van der Waals surface area contributed by atoms with Crippen LogP contribution in [0.15, 0.2) is 48.5 Å². The third-order valence-electron chi connectivity index (χ3n) is 4.60. The lowest BCUT2D eigenvalue weighted by Crippen LogP contribution is -2.18. The van der Waals surface area contributed by atoms with Crippen LogP contribution in [-0.4, -0.2) is 25.7 Å². The average molecular weight is 426 g/mol. The number of fused-ring (bicyclic) bond motifs is 1. The molecule has 4 rings (SSSR count). The van der Waals surface area contributed by atoms with Crippen molar-refractivity contribution in [2.24, 2.45) is 0 Å². The van der Waals surface area contributed by atoms with Gasteiger partial charge in [-0.25, -0.2) is 4.52 Å². The molecule has 0 unspecified atom stereocenters. The van der Waals surface area contributed by atoms with Gasteiger partial charge in [0.15, 0.2) is 11.3 Å². The Morgan fingerprint density at radius 1 is 1.07 bits per heavy atom. The number of halogens is 2. The van der Waals surface area contributed by atoms with Crippen molar-refractivity contribution in [3.63, 3.8) is 0 Å². The molecule has 6 nitrogen and oxygen atoms in total. The van der Waals surface area contributed by atoms with E-state index in [-0.39, 0.29) is 11.6 Å². The third kappa shape index (κ3) is 3.69. The standard InChI is InChI=1S/C21H17Cl2N5O/c1-3-17-18(13-5-4-6-15(23)11-13)20-26-25-19(12(2)28(20)27-17)21(29)24-16-9-7-14(22)8-10-16/h4-11H,3H2,1-2H3,(H,24,29). The summed E-state index contributed by atoms with van der Waals surface area (Å²) < 4.78 is 1.67. The van der Waals surface area contributed by atoms with Gasteiger partial charge in [0.25, 0.3) is 5.91 Å². The molecule has 0 saturated carbocycles. The number of carbonyl (C=O) groups excluding carboxylic acids is 1. The van der Waals surface area contributed by atoms with Crippen LogP contribution < -0.4 is 5.32 Å². The highest BCUT2D eigenvalue weighted by Crippen LogP contribution is 2.30. The van der Waals surface area contributed by atoms with Gasteiger partial charge >= 0.3 is 0 Å². The number of amides is 1. The maximum absolute atomic E-state index is 12.7. The Labute approximate surface area is 177 Å². The second kappa shape index (κ2) is 7.81. The monoisotopic (exact) mass is 425 g/mol. The third-order valence-corrected chi connectivity index (χ3v) is 5.09. The predicted molar refractivity (Wildman–Crippen MR) is 115 cm³/mol. The van der Waals surface area contributed by atoms with Gasteiger partial charge in [-0.2, -0.15) is 5.10 Å². The van der Waals surface area contributed by atoms with Crippen LogP contribution in [0.1, 0.15) is 28.8 Å². The van der Waals surface area contributed by atoms with Gasteiger partial charge in [0, 0.05) is 15.7 Å². The van der Waals surface area contributed by atoms with Crippen molar-refractivity contribution in [3.8, 4) is 11.1 Å². The molecular formula is C21H17Cl2N5O. The zero-order valence-electron chi connectivity index (χ0n) is 15.8. The first-order valence-corrected chi connectivity index (χ1v) is 9.81. The Kier molecular flexibility index (Phi) is 5.22. The first-order valence-electron chi connectivity index (χ1n) is 9.05. The van der Waals surface area contributed by atoms with E-state index < -0.39 is 0 Å². The SMILES string of the molecule is CCc1nn2c(C)c(C(=O)Nc3ccc(Cl)cc3)nnc2c1-c1cccc(Cl)c1. The molecule has 4 aromatic rings. The zero-order valence-corrected chi connectivity index (χ0v) is 17.3. The van der Waals surface area contributed by atoms with Gasteiger partial charge in [0.1, 0.15) is 0 Å². The Hall–Kier alpha value is -2.96. The van der Waals surface area contributed by atoms with Gasteiger partial charge < -0.3 is 5.32 Å². The highest BCUT2D eigenvalue weighted by molar-refractivity contribution is 6.31. The van der Waals surface area contributed by atoms with Crippen molar-refractivity contribution in [3.05, 3.63) is 75.7 Å². The second-order valence-electron chi connectivity index (χ2n) is 6.52. The Morgan fingerprint density at radius 3 is 2.52 bits per heavy atom. The molecule has 0 bridgehead atoms. The van der Waals surface area contributed by atoms with E-state index in [1.54, 1.807) is 35.7 Å². The minimum atomic E-state index is -0.364. The number of hydrogen-bond acceptors (Lipinski definition) is 4. The van der Waals surface area contributed by atoms with E-state index in [0.29, 0.717) is 33.5 Å². The number of aryl methyl sites for hydroxylation is 2. The molecule has 8 heteroatoms. The number of hydrogen-bond donors (Lipinski definition) is 1. The summed E-state index contributed by atoms with van der Waals surface area (Å²) in [5.74, 6) is -0.364. The van der Waals surface area contributed by atoms with Crippen LogP contribution in [0.25, 0.3) is 16.8 Å². The number of carbonyl (C=O) groups is 1. The van der Waals surface area contributed by atoms with Crippen molar-refractivity contribution in [1.82, 2.24) is 19.8 Å². The normalized spacial score (nSPS) is 11.0. The lowest BCUT2D eigenvalue weighted by atomic mass is 10.0. The number of nitrogens with one attached hydrogen (secondary N) is 1. The van der Waals surface area contributed by atoms with Gasteiger partial charge in [-0.1, -0.05) is 42.3 Å². The Bertz CT molecular complexity index is 1220. The summed E-state index contributed by atoms with van der Waals surface area (Å²) in [6.07, 6.45) is 0.705. The number of nitrogens with zero attached hydrogens (tertiary/aromatic N) is 4. The first kappa shape index (κ1) is 19.4.